The summed E-state index contributed by atoms with van der Waals surface area (Å²) in [6.07, 6.45) is 1.33. The maximum atomic E-state index is 11.1. The summed E-state index contributed by atoms with van der Waals surface area (Å²) < 4.78 is 0.941. The van der Waals surface area contributed by atoms with Gasteiger partial charge in [-0.25, -0.2) is 9.97 Å². The van der Waals surface area contributed by atoms with Gasteiger partial charge in [0.05, 0.1) is 16.1 Å². The Morgan fingerprint density at radius 1 is 1.42 bits per heavy atom. The summed E-state index contributed by atoms with van der Waals surface area (Å²) in [6, 6.07) is 1.30. The van der Waals surface area contributed by atoms with E-state index >= 15 is 0 Å². The summed E-state index contributed by atoms with van der Waals surface area (Å²) >= 11 is 2.88. The molecule has 0 aromatic carbocycles. The number of hydrogen-bond donors (Lipinski definition) is 0. The Bertz CT molecular complexity index is 440. The first-order chi connectivity index (χ1) is 5.77. The first kappa shape index (κ1) is 7.29. The highest BCUT2D eigenvalue weighted by Crippen LogP contribution is 2.06. The zero-order valence-corrected chi connectivity index (χ0v) is 7.26. The van der Waals surface area contributed by atoms with Gasteiger partial charge in [0.1, 0.15) is 12.0 Å². The van der Waals surface area contributed by atoms with Crippen LogP contribution in [0.2, 0.25) is 0 Å². The van der Waals surface area contributed by atoms with Crippen molar-refractivity contribution in [3.63, 3.8) is 0 Å². The maximum absolute atomic E-state index is 11.1. The molecule has 0 aliphatic carbocycles. The summed E-state index contributed by atoms with van der Waals surface area (Å²) in [7, 11) is 0. The Balaban J connectivity index is 2.84. The van der Waals surface area contributed by atoms with Crippen molar-refractivity contribution in [3.8, 4) is 11.5 Å². The predicted octanol–water partition coefficient (Wildman–Crippen LogP) is -0.309. The predicted molar refractivity (Wildman–Crippen MR) is 42.8 cm³/mol. The number of hydrogen-bond acceptors (Lipinski definition) is 5. The Kier molecular flexibility index (Phi) is 1.58. The van der Waals surface area contributed by atoms with Crippen LogP contribution < -0.4 is 5.56 Å². The highest BCUT2D eigenvalue weighted by Gasteiger charge is 2.06. The molecule has 0 aromatic rings. The Morgan fingerprint density at radius 3 is 3.08 bits per heavy atom. The van der Waals surface area contributed by atoms with Crippen molar-refractivity contribution >= 4 is 16.1 Å². The molecule has 0 bridgehead atoms. The van der Waals surface area contributed by atoms with Crippen molar-refractivity contribution in [2.45, 2.75) is 0 Å². The summed E-state index contributed by atoms with van der Waals surface area (Å²) in [4.78, 5) is 18.7. The molecule has 12 heavy (non-hydrogen) atoms. The van der Waals surface area contributed by atoms with Crippen LogP contribution in [0.15, 0.2) is 17.2 Å². The van der Waals surface area contributed by atoms with Crippen molar-refractivity contribution in [1.29, 1.82) is 0 Å². The van der Waals surface area contributed by atoms with Crippen LogP contribution in [0, 0.1) is 0 Å². The van der Waals surface area contributed by atoms with Gasteiger partial charge in [-0.1, -0.05) is 5.21 Å². The van der Waals surface area contributed by atoms with Gasteiger partial charge in [-0.15, -0.1) is 8.81 Å². The fourth-order valence-corrected chi connectivity index (χ4v) is 0.918. The van der Waals surface area contributed by atoms with Gasteiger partial charge < -0.3 is 0 Å². The normalized spacial score (nSPS) is 10.4. The molecule has 2 aliphatic rings. The standard InChI is InChI=1S/C5H2BrN5O/c6-11-4(12)1-3-5(9-10-11)8-2-7-3/h1-2H. The van der Waals surface area contributed by atoms with E-state index in [1.165, 1.54) is 12.4 Å². The molecule has 6 nitrogen and oxygen atoms in total. The van der Waals surface area contributed by atoms with Crippen molar-refractivity contribution in [1.82, 2.24) is 24.0 Å². The van der Waals surface area contributed by atoms with E-state index in [4.69, 9.17) is 0 Å². The summed E-state index contributed by atoms with van der Waals surface area (Å²) in [5.41, 5.74) is 0.101. The van der Waals surface area contributed by atoms with Gasteiger partial charge in [0.15, 0.2) is 0 Å². The van der Waals surface area contributed by atoms with E-state index < -0.39 is 0 Å². The second-order valence-corrected chi connectivity index (χ2v) is 2.69. The minimum absolute atomic E-state index is 0.335. The molecular formula is C5H2BrN5O. The van der Waals surface area contributed by atoms with E-state index in [1.807, 2.05) is 0 Å². The van der Waals surface area contributed by atoms with Crippen molar-refractivity contribution in [2.75, 3.05) is 0 Å². The first-order valence-electron chi connectivity index (χ1n) is 3.01. The van der Waals surface area contributed by atoms with Gasteiger partial charge in [0, 0.05) is 6.07 Å². The van der Waals surface area contributed by atoms with Gasteiger partial charge in [0.25, 0.3) is 5.56 Å². The number of halogens is 1. The van der Waals surface area contributed by atoms with Gasteiger partial charge in [-0.05, 0) is 0 Å². The van der Waals surface area contributed by atoms with E-state index in [9.17, 15) is 4.79 Å². The molecule has 0 N–H and O–H groups in total. The lowest BCUT2D eigenvalue weighted by molar-refractivity contribution is 0.832. The van der Waals surface area contributed by atoms with Gasteiger partial charge >= 0.3 is 0 Å². The summed E-state index contributed by atoms with van der Waals surface area (Å²) in [5, 5.41) is 7.17. The zero-order valence-electron chi connectivity index (χ0n) is 5.68. The van der Waals surface area contributed by atoms with Crippen molar-refractivity contribution in [3.05, 3.63) is 22.7 Å². The highest BCUT2D eigenvalue weighted by molar-refractivity contribution is 9.08. The lowest BCUT2D eigenvalue weighted by Gasteiger charge is -1.77. The molecule has 0 saturated carbocycles. The molecule has 0 unspecified atom stereocenters. The second-order valence-electron chi connectivity index (χ2n) is 2.01. The van der Waals surface area contributed by atoms with Crippen LogP contribution in [0.4, 0.5) is 0 Å². The Hall–Kier alpha value is -1.37. The minimum atomic E-state index is -0.335. The van der Waals surface area contributed by atoms with E-state index in [0.717, 1.165) is 3.71 Å². The third-order valence-corrected chi connectivity index (χ3v) is 1.76. The fourth-order valence-electron chi connectivity index (χ4n) is 0.744. The number of nitrogens with zero attached hydrogens (tertiary/aromatic N) is 5. The molecule has 0 amide bonds. The topological polar surface area (TPSA) is 73.6 Å². The molecule has 60 valence electrons. The molecule has 0 atom stereocenters. The number of imidazole rings is 1. The van der Waals surface area contributed by atoms with E-state index in [0.29, 0.717) is 11.5 Å². The van der Waals surface area contributed by atoms with Crippen LogP contribution in [0.1, 0.15) is 0 Å². The molecule has 7 heteroatoms. The van der Waals surface area contributed by atoms with Crippen LogP contribution in [0.3, 0.4) is 0 Å². The molecule has 0 spiro atoms. The number of aromatic nitrogens is 5. The largest absolute Gasteiger partial charge is 0.280 e. The van der Waals surface area contributed by atoms with E-state index in [1.54, 1.807) is 0 Å². The first-order valence-corrected chi connectivity index (χ1v) is 3.72. The summed E-state index contributed by atoms with van der Waals surface area (Å²) in [5.74, 6) is 0.352. The van der Waals surface area contributed by atoms with Crippen LogP contribution >= 0.6 is 16.1 Å². The number of fused-ring (bicyclic) bond motifs is 1. The molecule has 2 heterocycles. The fraction of sp³-hybridized carbons (Fsp3) is 0. The zero-order chi connectivity index (χ0) is 8.55. The Morgan fingerprint density at radius 2 is 2.25 bits per heavy atom. The van der Waals surface area contributed by atoms with Crippen molar-refractivity contribution in [2.24, 2.45) is 0 Å². The third kappa shape index (κ3) is 1.07. The second kappa shape index (κ2) is 2.59. The van der Waals surface area contributed by atoms with Crippen LogP contribution in [0.5, 0.6) is 0 Å². The van der Waals surface area contributed by atoms with Crippen LogP contribution in [-0.2, 0) is 0 Å². The molecule has 2 rings (SSSR count). The average Bonchev–Trinajstić information content (AvgIpc) is 2.43. The monoisotopic (exact) mass is 227 g/mol. The molecule has 0 aromatic heterocycles. The lowest BCUT2D eigenvalue weighted by Crippen LogP contribution is -2.09. The molecular weight excluding hydrogens is 226 g/mol. The molecule has 2 aliphatic heterocycles. The van der Waals surface area contributed by atoms with Crippen LogP contribution in [0.25, 0.3) is 11.5 Å². The highest BCUT2D eigenvalue weighted by atomic mass is 79.9. The van der Waals surface area contributed by atoms with E-state index in [2.05, 4.69) is 36.4 Å². The maximum Gasteiger partial charge on any atom is 0.280 e. The van der Waals surface area contributed by atoms with Crippen LogP contribution in [-0.4, -0.2) is 24.0 Å². The van der Waals surface area contributed by atoms with E-state index in [-0.39, 0.29) is 5.56 Å². The van der Waals surface area contributed by atoms with Gasteiger partial charge in [-0.2, -0.15) is 0 Å². The molecule has 0 fully saturated rings. The van der Waals surface area contributed by atoms with Crippen molar-refractivity contribution < 1.29 is 0 Å². The quantitative estimate of drug-likeness (QED) is 0.618. The van der Waals surface area contributed by atoms with Gasteiger partial charge in [0.2, 0.25) is 5.82 Å². The minimum Gasteiger partial charge on any atom is -0.267 e. The third-order valence-electron chi connectivity index (χ3n) is 1.27. The lowest BCUT2D eigenvalue weighted by atomic mass is 10.4. The number of rotatable bonds is 0. The molecule has 0 radical (unpaired) electrons. The average molecular weight is 228 g/mol. The van der Waals surface area contributed by atoms with Gasteiger partial charge in [-0.3, -0.25) is 4.79 Å². The smallest absolute Gasteiger partial charge is 0.267 e. The Labute approximate surface area is 75.0 Å². The SMILES string of the molecule is O=c1cc2ncnc-2nnn1Br. The molecule has 0 saturated heterocycles. The summed E-state index contributed by atoms with van der Waals surface area (Å²) in [6.45, 7) is 0.